The fourth-order valence-electron chi connectivity index (χ4n) is 2.65. The quantitative estimate of drug-likeness (QED) is 0.890. The van der Waals surface area contributed by atoms with Crippen LogP contribution in [0.5, 0.6) is 0 Å². The van der Waals surface area contributed by atoms with Crippen molar-refractivity contribution >= 4 is 17.5 Å². The summed E-state index contributed by atoms with van der Waals surface area (Å²) in [4.78, 5) is 12.3. The minimum Gasteiger partial charge on any atom is -0.348 e. The summed E-state index contributed by atoms with van der Waals surface area (Å²) in [5, 5.41) is 3.78. The molecule has 3 N–H and O–H groups in total. The number of carbonyl (C=O) groups is 1. The van der Waals surface area contributed by atoms with Crippen molar-refractivity contribution in [3.05, 3.63) is 34.9 Å². The summed E-state index contributed by atoms with van der Waals surface area (Å²) in [6, 6.07) is 7.60. The van der Waals surface area contributed by atoms with Gasteiger partial charge in [-0.3, -0.25) is 4.79 Å². The zero-order chi connectivity index (χ0) is 13.9. The van der Waals surface area contributed by atoms with Gasteiger partial charge in [-0.15, -0.1) is 0 Å². The largest absolute Gasteiger partial charge is 0.348 e. The van der Waals surface area contributed by atoms with E-state index < -0.39 is 5.54 Å². The lowest BCUT2D eigenvalue weighted by Crippen LogP contribution is -2.52. The van der Waals surface area contributed by atoms with Crippen molar-refractivity contribution in [2.24, 2.45) is 5.73 Å². The van der Waals surface area contributed by atoms with Gasteiger partial charge >= 0.3 is 0 Å². The number of halogens is 1. The standard InChI is InChI=1S/C15H21ClN2O/c1-2-13(11-5-7-12(16)8-6-11)18-14(19)15(17)9-3-4-10-15/h5-8,13H,2-4,9-10,17H2,1H3,(H,18,19). The SMILES string of the molecule is CCC(NC(=O)C1(N)CCCC1)c1ccc(Cl)cc1. The molecule has 19 heavy (non-hydrogen) atoms. The first-order valence-corrected chi connectivity index (χ1v) is 7.28. The lowest BCUT2D eigenvalue weighted by Gasteiger charge is -2.26. The first kappa shape index (κ1) is 14.4. The Kier molecular flexibility index (Phi) is 4.48. The van der Waals surface area contributed by atoms with Crippen LogP contribution in [-0.4, -0.2) is 11.4 Å². The van der Waals surface area contributed by atoms with E-state index in [-0.39, 0.29) is 11.9 Å². The maximum absolute atomic E-state index is 12.3. The number of amides is 1. The minimum atomic E-state index is -0.667. The fourth-order valence-corrected chi connectivity index (χ4v) is 2.78. The molecule has 0 bridgehead atoms. The summed E-state index contributed by atoms with van der Waals surface area (Å²) in [6.45, 7) is 2.05. The molecule has 104 valence electrons. The number of rotatable bonds is 4. The van der Waals surface area contributed by atoms with Crippen LogP contribution in [-0.2, 0) is 4.79 Å². The topological polar surface area (TPSA) is 55.1 Å². The predicted molar refractivity (Wildman–Crippen MR) is 78.0 cm³/mol. The number of hydrogen-bond donors (Lipinski definition) is 2. The molecule has 1 aliphatic rings. The summed E-state index contributed by atoms with van der Waals surface area (Å²) in [5.74, 6) is -0.0215. The molecule has 1 saturated carbocycles. The van der Waals surface area contributed by atoms with Crippen LogP contribution in [0, 0.1) is 0 Å². The molecule has 1 aliphatic carbocycles. The van der Waals surface area contributed by atoms with E-state index in [4.69, 9.17) is 17.3 Å². The molecule has 0 radical (unpaired) electrons. The minimum absolute atomic E-state index is 0.00536. The first-order chi connectivity index (χ1) is 9.05. The van der Waals surface area contributed by atoms with Crippen LogP contribution < -0.4 is 11.1 Å². The molecular formula is C15H21ClN2O. The molecule has 1 unspecified atom stereocenters. The van der Waals surface area contributed by atoms with Gasteiger partial charge in [0.1, 0.15) is 0 Å². The van der Waals surface area contributed by atoms with Gasteiger partial charge < -0.3 is 11.1 Å². The van der Waals surface area contributed by atoms with Crippen LogP contribution >= 0.6 is 11.6 Å². The Labute approximate surface area is 119 Å². The average Bonchev–Trinajstić information content (AvgIpc) is 2.85. The summed E-state index contributed by atoms with van der Waals surface area (Å²) >= 11 is 5.88. The molecule has 2 rings (SSSR count). The highest BCUT2D eigenvalue weighted by atomic mass is 35.5. The highest BCUT2D eigenvalue weighted by Crippen LogP contribution is 2.28. The molecule has 1 aromatic carbocycles. The van der Waals surface area contributed by atoms with Gasteiger partial charge in [-0.05, 0) is 37.0 Å². The van der Waals surface area contributed by atoms with Gasteiger partial charge in [0.15, 0.2) is 0 Å². The van der Waals surface area contributed by atoms with Crippen molar-refractivity contribution in [1.29, 1.82) is 0 Å². The van der Waals surface area contributed by atoms with Gasteiger partial charge in [0.25, 0.3) is 0 Å². The zero-order valence-corrected chi connectivity index (χ0v) is 12.0. The van der Waals surface area contributed by atoms with Crippen LogP contribution in [0.1, 0.15) is 50.6 Å². The number of carbonyl (C=O) groups excluding carboxylic acids is 1. The Bertz CT molecular complexity index is 438. The van der Waals surface area contributed by atoms with E-state index in [0.29, 0.717) is 5.02 Å². The molecular weight excluding hydrogens is 260 g/mol. The second-order valence-corrected chi connectivity index (χ2v) is 5.79. The molecule has 1 atom stereocenters. The predicted octanol–water partition coefficient (Wildman–Crippen LogP) is 3.18. The average molecular weight is 281 g/mol. The smallest absolute Gasteiger partial charge is 0.240 e. The monoisotopic (exact) mass is 280 g/mol. The Morgan fingerprint density at radius 1 is 1.37 bits per heavy atom. The molecule has 1 aromatic rings. The molecule has 1 fully saturated rings. The molecule has 0 aromatic heterocycles. The van der Waals surface area contributed by atoms with Gasteiger partial charge in [0.2, 0.25) is 5.91 Å². The molecule has 0 saturated heterocycles. The Morgan fingerprint density at radius 2 is 1.95 bits per heavy atom. The Balaban J connectivity index is 2.06. The lowest BCUT2D eigenvalue weighted by atomic mass is 9.96. The van der Waals surface area contributed by atoms with Gasteiger partial charge in [0.05, 0.1) is 11.6 Å². The van der Waals surface area contributed by atoms with E-state index in [1.807, 2.05) is 24.3 Å². The normalized spacial score (nSPS) is 19.1. The zero-order valence-electron chi connectivity index (χ0n) is 11.3. The van der Waals surface area contributed by atoms with Crippen molar-refractivity contribution in [2.75, 3.05) is 0 Å². The van der Waals surface area contributed by atoms with Gasteiger partial charge in [-0.2, -0.15) is 0 Å². The Morgan fingerprint density at radius 3 is 2.47 bits per heavy atom. The maximum atomic E-state index is 12.3. The van der Waals surface area contributed by atoms with E-state index >= 15 is 0 Å². The van der Waals surface area contributed by atoms with Crippen molar-refractivity contribution in [1.82, 2.24) is 5.32 Å². The van der Waals surface area contributed by atoms with Crippen LogP contribution in [0.15, 0.2) is 24.3 Å². The van der Waals surface area contributed by atoms with Crippen molar-refractivity contribution in [2.45, 2.75) is 50.6 Å². The maximum Gasteiger partial charge on any atom is 0.240 e. The van der Waals surface area contributed by atoms with E-state index in [1.165, 1.54) is 0 Å². The Hall–Kier alpha value is -1.06. The summed E-state index contributed by atoms with van der Waals surface area (Å²) in [5.41, 5.74) is 6.58. The molecule has 0 heterocycles. The molecule has 1 amide bonds. The third-order valence-corrected chi connectivity index (χ3v) is 4.19. The van der Waals surface area contributed by atoms with E-state index in [0.717, 1.165) is 37.7 Å². The second kappa shape index (κ2) is 5.93. The fraction of sp³-hybridized carbons (Fsp3) is 0.533. The van der Waals surface area contributed by atoms with Crippen LogP contribution in [0.3, 0.4) is 0 Å². The van der Waals surface area contributed by atoms with Gasteiger partial charge in [0, 0.05) is 5.02 Å². The highest BCUT2D eigenvalue weighted by molar-refractivity contribution is 6.30. The molecule has 0 spiro atoms. The molecule has 4 heteroatoms. The van der Waals surface area contributed by atoms with Crippen molar-refractivity contribution in [3.63, 3.8) is 0 Å². The highest BCUT2D eigenvalue weighted by Gasteiger charge is 2.37. The van der Waals surface area contributed by atoms with E-state index in [2.05, 4.69) is 12.2 Å². The summed E-state index contributed by atoms with van der Waals surface area (Å²) in [6.07, 6.45) is 4.50. The number of benzene rings is 1. The third kappa shape index (κ3) is 3.28. The number of hydrogen-bond acceptors (Lipinski definition) is 2. The van der Waals surface area contributed by atoms with Gasteiger partial charge in [-0.25, -0.2) is 0 Å². The van der Waals surface area contributed by atoms with Crippen molar-refractivity contribution < 1.29 is 4.79 Å². The van der Waals surface area contributed by atoms with Gasteiger partial charge in [-0.1, -0.05) is 43.5 Å². The second-order valence-electron chi connectivity index (χ2n) is 5.35. The van der Waals surface area contributed by atoms with Crippen LogP contribution in [0.2, 0.25) is 5.02 Å². The first-order valence-electron chi connectivity index (χ1n) is 6.90. The third-order valence-electron chi connectivity index (χ3n) is 3.93. The summed E-state index contributed by atoms with van der Waals surface area (Å²) in [7, 11) is 0. The van der Waals surface area contributed by atoms with Crippen LogP contribution in [0.25, 0.3) is 0 Å². The van der Waals surface area contributed by atoms with Crippen molar-refractivity contribution in [3.8, 4) is 0 Å². The molecule has 0 aliphatic heterocycles. The number of nitrogens with two attached hydrogens (primary N) is 1. The van der Waals surface area contributed by atoms with E-state index in [1.54, 1.807) is 0 Å². The lowest BCUT2D eigenvalue weighted by molar-refractivity contribution is -0.127. The molecule has 3 nitrogen and oxygen atoms in total. The van der Waals surface area contributed by atoms with E-state index in [9.17, 15) is 4.79 Å². The number of nitrogens with one attached hydrogen (secondary N) is 1. The summed E-state index contributed by atoms with van der Waals surface area (Å²) < 4.78 is 0. The van der Waals surface area contributed by atoms with Crippen LogP contribution in [0.4, 0.5) is 0 Å².